The van der Waals surface area contributed by atoms with Gasteiger partial charge in [-0.2, -0.15) is 0 Å². The molecule has 27 heavy (non-hydrogen) atoms. The number of para-hydroxylation sites is 1. The fourth-order valence-corrected chi connectivity index (χ4v) is 3.98. The Hall–Kier alpha value is -3.29. The van der Waals surface area contributed by atoms with Crippen LogP contribution in [0.15, 0.2) is 46.5 Å². The molecule has 8 nitrogen and oxygen atoms in total. The smallest absolute Gasteiger partial charge is 0.219 e. The van der Waals surface area contributed by atoms with Crippen LogP contribution in [0, 0.1) is 5.41 Å². The number of anilines is 2. The zero-order valence-electron chi connectivity index (χ0n) is 15.0. The molecule has 1 atom stereocenters. The van der Waals surface area contributed by atoms with Crippen molar-refractivity contribution in [3.63, 3.8) is 0 Å². The van der Waals surface area contributed by atoms with Gasteiger partial charge in [-0.05, 0) is 28.2 Å². The molecular formula is C19H18N6O2. The molecule has 1 aliphatic carbocycles. The number of Topliss-reactive ketones (excluding diaryl/α,β-unsaturated/α-hetero) is 1. The van der Waals surface area contributed by atoms with E-state index in [1.807, 2.05) is 18.2 Å². The van der Waals surface area contributed by atoms with E-state index in [-0.39, 0.29) is 11.2 Å². The molecule has 0 saturated carbocycles. The minimum atomic E-state index is -0.412. The number of benzene rings is 1. The molecule has 136 valence electrons. The number of nitrogens with one attached hydrogen (secondary N) is 2. The Morgan fingerprint density at radius 3 is 2.81 bits per heavy atom. The second-order valence-electron chi connectivity index (χ2n) is 7.77. The summed E-state index contributed by atoms with van der Waals surface area (Å²) < 4.78 is 4.89. The van der Waals surface area contributed by atoms with Crippen molar-refractivity contribution in [3.05, 3.63) is 47.4 Å². The maximum absolute atomic E-state index is 13.2. The normalized spacial score (nSPS) is 21.1. The van der Waals surface area contributed by atoms with Crippen LogP contribution in [-0.4, -0.2) is 26.1 Å². The monoisotopic (exact) mass is 362 g/mol. The molecule has 3 aromatic rings. The zero-order chi connectivity index (χ0) is 18.6. The Morgan fingerprint density at radius 1 is 1.11 bits per heavy atom. The number of aromatic nitrogens is 4. The zero-order valence-corrected chi connectivity index (χ0v) is 15.0. The number of fused-ring (bicyclic) bond motifs is 2. The molecule has 0 amide bonds. The van der Waals surface area contributed by atoms with Gasteiger partial charge in [0.1, 0.15) is 0 Å². The lowest BCUT2D eigenvalue weighted by Crippen LogP contribution is -2.31. The van der Waals surface area contributed by atoms with E-state index in [1.165, 1.54) is 0 Å². The van der Waals surface area contributed by atoms with Gasteiger partial charge in [0.05, 0.1) is 17.1 Å². The maximum Gasteiger partial charge on any atom is 0.219 e. The number of nitrogens with zero attached hydrogens (tertiary/aromatic N) is 4. The molecule has 0 spiro atoms. The van der Waals surface area contributed by atoms with Crippen molar-refractivity contribution in [2.45, 2.75) is 32.7 Å². The van der Waals surface area contributed by atoms with Crippen LogP contribution < -0.4 is 10.6 Å². The second-order valence-corrected chi connectivity index (χ2v) is 7.77. The van der Waals surface area contributed by atoms with Gasteiger partial charge < -0.3 is 10.6 Å². The summed E-state index contributed by atoms with van der Waals surface area (Å²) in [7, 11) is 0. The Kier molecular flexibility index (Phi) is 3.30. The molecule has 2 aromatic heterocycles. The molecule has 0 unspecified atom stereocenters. The highest BCUT2D eigenvalue weighted by Crippen LogP contribution is 2.45. The van der Waals surface area contributed by atoms with Crippen molar-refractivity contribution in [2.24, 2.45) is 5.41 Å². The molecule has 2 aliphatic rings. The van der Waals surface area contributed by atoms with E-state index in [1.54, 1.807) is 12.4 Å². The lowest BCUT2D eigenvalue weighted by Gasteiger charge is -2.34. The van der Waals surface area contributed by atoms with Gasteiger partial charge >= 0.3 is 0 Å². The van der Waals surface area contributed by atoms with Crippen LogP contribution in [0.25, 0.3) is 11.0 Å². The number of ketones is 1. The summed E-state index contributed by atoms with van der Waals surface area (Å²) in [5, 5.41) is 14.5. The van der Waals surface area contributed by atoms with Crippen molar-refractivity contribution in [3.8, 4) is 0 Å². The number of hydrogen-bond acceptors (Lipinski definition) is 8. The van der Waals surface area contributed by atoms with Crippen LogP contribution in [0.1, 0.15) is 38.3 Å². The molecule has 0 radical (unpaired) electrons. The van der Waals surface area contributed by atoms with E-state index in [4.69, 9.17) is 4.63 Å². The largest absolute Gasteiger partial charge is 0.353 e. The summed E-state index contributed by atoms with van der Waals surface area (Å²) in [6, 6.07) is 5.38. The number of hydrogen-bond donors (Lipinski definition) is 2. The summed E-state index contributed by atoms with van der Waals surface area (Å²) in [6.45, 7) is 4.18. The van der Waals surface area contributed by atoms with Crippen LogP contribution in [0.4, 0.5) is 11.6 Å². The van der Waals surface area contributed by atoms with Crippen LogP contribution >= 0.6 is 0 Å². The molecule has 0 saturated heterocycles. The first-order valence-electron chi connectivity index (χ1n) is 8.84. The summed E-state index contributed by atoms with van der Waals surface area (Å²) in [5.41, 5.74) is 3.82. The van der Waals surface area contributed by atoms with Crippen molar-refractivity contribution in [1.82, 2.24) is 20.3 Å². The lowest BCUT2D eigenvalue weighted by molar-refractivity contribution is -0.118. The number of carbonyl (C=O) groups is 1. The molecular weight excluding hydrogens is 344 g/mol. The molecule has 3 heterocycles. The summed E-state index contributed by atoms with van der Waals surface area (Å²) in [6.07, 6.45) is 4.53. The second kappa shape index (κ2) is 5.60. The molecule has 0 bridgehead atoms. The third-order valence-electron chi connectivity index (χ3n) is 5.09. The summed E-state index contributed by atoms with van der Waals surface area (Å²) in [5.74, 6) is 1.07. The third kappa shape index (κ3) is 2.56. The van der Waals surface area contributed by atoms with E-state index < -0.39 is 6.04 Å². The predicted molar refractivity (Wildman–Crippen MR) is 98.9 cm³/mol. The van der Waals surface area contributed by atoms with Crippen molar-refractivity contribution in [2.75, 3.05) is 10.6 Å². The SMILES string of the molecule is CC1(C)CC(=O)C2=C(C1)Nc1nonc1N[C@H]2c1cccc2nccnc12. The van der Waals surface area contributed by atoms with Gasteiger partial charge in [-0.25, -0.2) is 4.63 Å². The van der Waals surface area contributed by atoms with Gasteiger partial charge in [-0.1, -0.05) is 26.0 Å². The number of allylic oxidation sites excluding steroid dienone is 1. The van der Waals surface area contributed by atoms with Crippen LogP contribution in [-0.2, 0) is 4.79 Å². The minimum absolute atomic E-state index is 0.106. The molecule has 1 aliphatic heterocycles. The van der Waals surface area contributed by atoms with Crippen LogP contribution in [0.2, 0.25) is 0 Å². The van der Waals surface area contributed by atoms with Gasteiger partial charge in [0.15, 0.2) is 5.78 Å². The highest BCUT2D eigenvalue weighted by atomic mass is 16.6. The number of carbonyl (C=O) groups excluding carboxylic acids is 1. The van der Waals surface area contributed by atoms with Gasteiger partial charge in [0, 0.05) is 35.6 Å². The van der Waals surface area contributed by atoms with E-state index in [0.29, 0.717) is 23.6 Å². The van der Waals surface area contributed by atoms with E-state index in [0.717, 1.165) is 28.7 Å². The van der Waals surface area contributed by atoms with Gasteiger partial charge in [-0.15, -0.1) is 0 Å². The third-order valence-corrected chi connectivity index (χ3v) is 5.09. The number of rotatable bonds is 1. The van der Waals surface area contributed by atoms with Gasteiger partial charge in [0.25, 0.3) is 0 Å². The van der Waals surface area contributed by atoms with Crippen LogP contribution in [0.5, 0.6) is 0 Å². The van der Waals surface area contributed by atoms with Gasteiger partial charge in [0.2, 0.25) is 11.6 Å². The minimum Gasteiger partial charge on any atom is -0.353 e. The van der Waals surface area contributed by atoms with E-state index in [9.17, 15) is 4.79 Å². The molecule has 2 N–H and O–H groups in total. The van der Waals surface area contributed by atoms with Crippen LogP contribution in [0.3, 0.4) is 0 Å². The predicted octanol–water partition coefficient (Wildman–Crippen LogP) is 3.23. The first kappa shape index (κ1) is 15.9. The van der Waals surface area contributed by atoms with Crippen molar-refractivity contribution < 1.29 is 9.42 Å². The quantitative estimate of drug-likeness (QED) is 0.680. The van der Waals surface area contributed by atoms with Gasteiger partial charge in [-0.3, -0.25) is 14.8 Å². The standard InChI is InChI=1S/C19H18N6O2/c1-19(2)8-12-14(13(26)9-19)16(23-18-17(22-12)24-27-25-18)10-4-3-5-11-15(10)21-7-6-20-11/h3-7,16H,8-9H2,1-2H3,(H,22,24)(H,23,25)/t16-/m0/s1. The Balaban J connectivity index is 1.75. The Labute approximate surface area is 155 Å². The lowest BCUT2D eigenvalue weighted by atomic mass is 9.73. The molecule has 0 fully saturated rings. The van der Waals surface area contributed by atoms with Crippen molar-refractivity contribution in [1.29, 1.82) is 0 Å². The highest BCUT2D eigenvalue weighted by Gasteiger charge is 2.40. The highest BCUT2D eigenvalue weighted by molar-refractivity contribution is 6.01. The molecule has 1 aromatic carbocycles. The first-order chi connectivity index (χ1) is 13.0. The van der Waals surface area contributed by atoms with E-state index >= 15 is 0 Å². The average Bonchev–Trinajstić information content (AvgIpc) is 2.99. The molecule has 8 heteroatoms. The Bertz CT molecular complexity index is 1100. The maximum atomic E-state index is 13.2. The fourth-order valence-electron chi connectivity index (χ4n) is 3.98. The summed E-state index contributed by atoms with van der Waals surface area (Å²) in [4.78, 5) is 22.0. The first-order valence-corrected chi connectivity index (χ1v) is 8.84. The van der Waals surface area contributed by atoms with Crippen molar-refractivity contribution >= 4 is 28.5 Å². The van der Waals surface area contributed by atoms with E-state index in [2.05, 4.69) is 44.8 Å². The Morgan fingerprint density at radius 2 is 1.93 bits per heavy atom. The fraction of sp³-hybridized carbons (Fsp3) is 0.316. The molecule has 5 rings (SSSR count). The average molecular weight is 362 g/mol. The topological polar surface area (TPSA) is 106 Å². The summed E-state index contributed by atoms with van der Waals surface area (Å²) >= 11 is 0.